The fourth-order valence-electron chi connectivity index (χ4n) is 5.87. The Balaban J connectivity index is 0. The van der Waals surface area contributed by atoms with E-state index in [0.717, 1.165) is 135 Å². The van der Waals surface area contributed by atoms with E-state index in [1.807, 2.05) is 48.6 Å². The summed E-state index contributed by atoms with van der Waals surface area (Å²) in [6.07, 6.45) is 53.4. The lowest BCUT2D eigenvalue weighted by molar-refractivity contribution is -0.0119. The van der Waals surface area contributed by atoms with Gasteiger partial charge in [-0.1, -0.05) is 169 Å². The molecule has 0 aliphatic heterocycles. The molecule has 0 bridgehead atoms. The molecule has 378 valence electrons. The molecule has 0 unspecified atom stereocenters. The molecule has 0 aliphatic carbocycles. The Morgan fingerprint density at radius 2 is 0.606 bits per heavy atom. The number of unbranched alkanes of at least 4 members (excludes halogenated alkanes) is 11. The van der Waals surface area contributed by atoms with E-state index in [2.05, 4.69) is 117 Å². The third-order valence-electron chi connectivity index (χ3n) is 10.3. The minimum Gasteiger partial charge on any atom is -0.369 e. The Kier molecular flexibility index (Phi) is 49.7. The molecule has 0 heterocycles. The first kappa shape index (κ1) is 65.4. The van der Waals surface area contributed by atoms with Gasteiger partial charge < -0.3 is 31.0 Å². The molecular formula is C57H100O7Si2. The molecule has 0 aromatic rings. The lowest BCUT2D eigenvalue weighted by Crippen LogP contribution is -2.49. The summed E-state index contributed by atoms with van der Waals surface area (Å²) in [5.41, 5.74) is 4.02. The van der Waals surface area contributed by atoms with Gasteiger partial charge in [-0.05, 0) is 116 Å². The quantitative estimate of drug-likeness (QED) is 0.0342. The predicted molar refractivity (Wildman–Crippen MR) is 292 cm³/mol. The van der Waals surface area contributed by atoms with Crippen molar-refractivity contribution in [2.24, 2.45) is 0 Å². The highest BCUT2D eigenvalue weighted by Crippen LogP contribution is 2.19. The van der Waals surface area contributed by atoms with Crippen LogP contribution in [-0.2, 0) is 31.0 Å². The maximum atomic E-state index is 6.35. The van der Waals surface area contributed by atoms with Gasteiger partial charge in [0.05, 0.1) is 46.2 Å². The molecule has 0 amide bonds. The van der Waals surface area contributed by atoms with Crippen molar-refractivity contribution in [2.75, 3.05) is 46.2 Å². The predicted octanol–water partition coefficient (Wildman–Crippen LogP) is 17.2. The van der Waals surface area contributed by atoms with Crippen LogP contribution < -0.4 is 0 Å². The van der Waals surface area contributed by atoms with Crippen molar-refractivity contribution in [3.05, 3.63) is 134 Å². The average Bonchev–Trinajstić information content (AvgIpc) is 3.33. The first-order valence-corrected chi connectivity index (χ1v) is 29.6. The summed E-state index contributed by atoms with van der Waals surface area (Å²) in [6, 6.07) is 0. The third kappa shape index (κ3) is 41.5. The topological polar surface area (TPSA) is 64.6 Å². The number of hydrogen-bond acceptors (Lipinski definition) is 7. The summed E-state index contributed by atoms with van der Waals surface area (Å²) >= 11 is 0. The highest BCUT2D eigenvalue weighted by molar-refractivity contribution is 6.59. The molecule has 0 fully saturated rings. The molecule has 0 radical (unpaired) electrons. The van der Waals surface area contributed by atoms with Gasteiger partial charge in [0.25, 0.3) is 0 Å². The molecule has 0 N–H and O–H groups in total. The zero-order valence-electron chi connectivity index (χ0n) is 43.6. The Hall–Kier alpha value is -2.71. The van der Waals surface area contributed by atoms with Gasteiger partial charge in [-0.15, -0.1) is 26.3 Å². The van der Waals surface area contributed by atoms with Crippen LogP contribution in [0, 0.1) is 0 Å². The molecule has 0 saturated heterocycles. The van der Waals surface area contributed by atoms with Crippen LogP contribution in [0.15, 0.2) is 134 Å². The molecule has 7 nitrogen and oxygen atoms in total. The molecule has 9 heteroatoms. The molecule has 66 heavy (non-hydrogen) atoms. The van der Waals surface area contributed by atoms with Crippen LogP contribution in [0.4, 0.5) is 0 Å². The van der Waals surface area contributed by atoms with Crippen molar-refractivity contribution in [1.29, 1.82) is 0 Å². The van der Waals surface area contributed by atoms with E-state index in [1.165, 1.54) is 16.7 Å². The van der Waals surface area contributed by atoms with E-state index in [1.54, 1.807) is 0 Å². The zero-order chi connectivity index (χ0) is 49.1. The smallest absolute Gasteiger partial charge is 0.369 e. The summed E-state index contributed by atoms with van der Waals surface area (Å²) in [5, 5.41) is 0. The first-order valence-electron chi connectivity index (χ1n) is 25.8. The van der Waals surface area contributed by atoms with Gasteiger partial charge in [0.1, 0.15) is 0 Å². The lowest BCUT2D eigenvalue weighted by Gasteiger charge is -2.28. The van der Waals surface area contributed by atoms with Crippen LogP contribution in [0.5, 0.6) is 0 Å². The lowest BCUT2D eigenvalue weighted by atomic mass is 10.1. The van der Waals surface area contributed by atoms with E-state index in [0.29, 0.717) is 46.2 Å². The summed E-state index contributed by atoms with van der Waals surface area (Å²) in [5.74, 6) is 0. The van der Waals surface area contributed by atoms with E-state index >= 15 is 0 Å². The summed E-state index contributed by atoms with van der Waals surface area (Å²) in [4.78, 5) is 0. The SMILES string of the molecule is C=CCCCC=CCO[Si](OCC=CCCCC=C)(OCC=CCCCC=C)OCC=CCCCC=C.CCCC=C(CC)CO[Si](C)(OCC(=CCCC)CC)OCC(=CCCC)CC. The number of rotatable bonds is 46. The van der Waals surface area contributed by atoms with Gasteiger partial charge in [0, 0.05) is 6.55 Å². The van der Waals surface area contributed by atoms with Crippen molar-refractivity contribution in [1.82, 2.24) is 0 Å². The highest BCUT2D eigenvalue weighted by Gasteiger charge is 2.45. The van der Waals surface area contributed by atoms with Crippen molar-refractivity contribution in [2.45, 2.75) is 183 Å². The Labute approximate surface area is 410 Å². The highest BCUT2D eigenvalue weighted by atomic mass is 28.4. The largest absolute Gasteiger partial charge is 0.680 e. The van der Waals surface area contributed by atoms with Crippen molar-refractivity contribution in [3.63, 3.8) is 0 Å². The zero-order valence-corrected chi connectivity index (χ0v) is 45.6. The molecule has 0 aromatic carbocycles. The second-order valence-electron chi connectivity index (χ2n) is 16.3. The van der Waals surface area contributed by atoms with Crippen LogP contribution in [0.2, 0.25) is 6.55 Å². The molecular weight excluding hydrogens is 853 g/mol. The van der Waals surface area contributed by atoms with Gasteiger partial charge >= 0.3 is 17.9 Å². The second kappa shape index (κ2) is 50.2. The van der Waals surface area contributed by atoms with Gasteiger partial charge in [-0.3, -0.25) is 0 Å². The van der Waals surface area contributed by atoms with Crippen molar-refractivity contribution in [3.8, 4) is 0 Å². The van der Waals surface area contributed by atoms with Crippen LogP contribution in [0.1, 0.15) is 176 Å². The molecule has 0 aliphatic rings. The number of hydrogen-bond donors (Lipinski definition) is 0. The average molecular weight is 954 g/mol. The summed E-state index contributed by atoms with van der Waals surface area (Å²) in [7, 11) is -6.09. The van der Waals surface area contributed by atoms with E-state index in [-0.39, 0.29) is 0 Å². The maximum Gasteiger partial charge on any atom is 0.680 e. The van der Waals surface area contributed by atoms with Gasteiger partial charge in [-0.2, -0.15) is 0 Å². The van der Waals surface area contributed by atoms with Gasteiger partial charge in [0.15, 0.2) is 0 Å². The second-order valence-corrected chi connectivity index (χ2v) is 21.0. The van der Waals surface area contributed by atoms with Gasteiger partial charge in [0.2, 0.25) is 0 Å². The van der Waals surface area contributed by atoms with Gasteiger partial charge in [-0.25, -0.2) is 0 Å². The Morgan fingerprint density at radius 1 is 0.348 bits per heavy atom. The fraction of sp³-hybridized carbons (Fsp3) is 0.614. The van der Waals surface area contributed by atoms with Crippen LogP contribution in [-0.4, -0.2) is 64.1 Å². The Bertz CT molecular complexity index is 1190. The molecule has 0 rings (SSSR count). The van der Waals surface area contributed by atoms with Crippen LogP contribution >= 0.6 is 0 Å². The molecule has 0 saturated carbocycles. The minimum absolute atomic E-state index is 0.384. The normalized spacial score (nSPS) is 14.5. The van der Waals surface area contributed by atoms with E-state index < -0.39 is 17.9 Å². The van der Waals surface area contributed by atoms with Crippen LogP contribution in [0.25, 0.3) is 0 Å². The van der Waals surface area contributed by atoms with Crippen LogP contribution in [0.3, 0.4) is 0 Å². The third-order valence-corrected chi connectivity index (χ3v) is 14.4. The first-order chi connectivity index (χ1) is 32.2. The monoisotopic (exact) mass is 953 g/mol. The van der Waals surface area contributed by atoms with E-state index in [9.17, 15) is 0 Å². The summed E-state index contributed by atoms with van der Waals surface area (Å²) in [6.45, 7) is 33.7. The van der Waals surface area contributed by atoms with Crippen molar-refractivity contribution >= 4 is 17.9 Å². The van der Waals surface area contributed by atoms with E-state index in [4.69, 9.17) is 31.0 Å². The maximum absolute atomic E-state index is 6.35. The number of allylic oxidation sites excluding steroid dienone is 11. The Morgan fingerprint density at radius 3 is 0.818 bits per heavy atom. The molecule has 0 atom stereocenters. The minimum atomic E-state index is -3.37. The standard InChI is InChI=1S/C32H52O4Si.C25H48O3Si/c1-5-9-13-17-21-25-29-33-37(34-30-26-22-18-14-10-6-2,35-31-27-23-19-15-11-7-3)36-32-28-24-20-16-12-8-4;1-8-14-17-23(11-4)20-26-29(7,27-21-24(12-5)18-15-9-2)28-22-25(13-6)19-16-10-3/h5-8,21-28H,1-4,9-20,29-32H2;17-19H,8-16,20-22H2,1-7H3. The summed E-state index contributed by atoms with van der Waals surface area (Å²) < 4.78 is 43.8. The van der Waals surface area contributed by atoms with Crippen molar-refractivity contribution < 1.29 is 31.0 Å². The molecule has 0 spiro atoms. The fourth-order valence-corrected chi connectivity index (χ4v) is 9.17. The molecule has 0 aromatic heterocycles.